The van der Waals surface area contributed by atoms with Crippen LogP contribution in [0, 0.1) is 0 Å². The van der Waals surface area contributed by atoms with Gasteiger partial charge in [0, 0.05) is 0 Å². The summed E-state index contributed by atoms with van der Waals surface area (Å²) >= 11 is 0. The highest BCUT2D eigenvalue weighted by molar-refractivity contribution is 7.85. The van der Waals surface area contributed by atoms with Crippen LogP contribution in [0.15, 0.2) is 0 Å². The van der Waals surface area contributed by atoms with Crippen molar-refractivity contribution in [3.05, 3.63) is 0 Å². The predicted octanol–water partition coefficient (Wildman–Crippen LogP) is -0.0276. The molecule has 13 heavy (non-hydrogen) atoms. The molecule has 0 aromatic heterocycles. The maximum Gasteiger partial charge on any atom is 0.264 e. The molecule has 0 fully saturated rings. The second-order valence-corrected chi connectivity index (χ2v) is 4.47. The standard InChI is InChI=1S/C7H17NO4S/c1-2-4-7(9)8-5-3-6-13(10,11)12/h7-9H,2-6H2,1H3,(H,10,11,12)/t7-/m1/s1. The Morgan fingerprint density at radius 2 is 2.08 bits per heavy atom. The van der Waals surface area contributed by atoms with Crippen LogP contribution < -0.4 is 5.32 Å². The highest BCUT2D eigenvalue weighted by Crippen LogP contribution is 1.92. The van der Waals surface area contributed by atoms with Gasteiger partial charge in [-0.05, 0) is 19.4 Å². The zero-order valence-electron chi connectivity index (χ0n) is 7.73. The van der Waals surface area contributed by atoms with Gasteiger partial charge < -0.3 is 5.11 Å². The van der Waals surface area contributed by atoms with Gasteiger partial charge in [-0.15, -0.1) is 0 Å². The molecular formula is C7H17NO4S. The predicted molar refractivity (Wildman–Crippen MR) is 50.0 cm³/mol. The molecule has 0 radical (unpaired) electrons. The Morgan fingerprint density at radius 3 is 2.54 bits per heavy atom. The lowest BCUT2D eigenvalue weighted by Crippen LogP contribution is -2.30. The van der Waals surface area contributed by atoms with Gasteiger partial charge in [0.2, 0.25) is 0 Å². The van der Waals surface area contributed by atoms with Crippen molar-refractivity contribution in [1.29, 1.82) is 0 Å². The van der Waals surface area contributed by atoms with Crippen molar-refractivity contribution in [3.8, 4) is 0 Å². The van der Waals surface area contributed by atoms with E-state index in [0.717, 1.165) is 6.42 Å². The van der Waals surface area contributed by atoms with E-state index in [-0.39, 0.29) is 5.75 Å². The molecule has 0 saturated carbocycles. The summed E-state index contributed by atoms with van der Waals surface area (Å²) in [5.74, 6) is -0.265. The Balaban J connectivity index is 3.36. The van der Waals surface area contributed by atoms with E-state index in [1.54, 1.807) is 0 Å². The van der Waals surface area contributed by atoms with Crippen LogP contribution in [0.5, 0.6) is 0 Å². The molecule has 0 aliphatic rings. The van der Waals surface area contributed by atoms with E-state index in [2.05, 4.69) is 5.32 Å². The summed E-state index contributed by atoms with van der Waals surface area (Å²) in [5.41, 5.74) is 0. The van der Waals surface area contributed by atoms with Crippen molar-refractivity contribution in [2.45, 2.75) is 32.4 Å². The van der Waals surface area contributed by atoms with E-state index in [4.69, 9.17) is 9.66 Å². The Labute approximate surface area is 78.9 Å². The summed E-state index contributed by atoms with van der Waals surface area (Å²) < 4.78 is 28.9. The molecule has 0 saturated heterocycles. The minimum Gasteiger partial charge on any atom is -0.379 e. The number of hydrogen-bond acceptors (Lipinski definition) is 4. The van der Waals surface area contributed by atoms with Gasteiger partial charge in [-0.1, -0.05) is 13.3 Å². The van der Waals surface area contributed by atoms with Crippen molar-refractivity contribution in [2.75, 3.05) is 12.3 Å². The average Bonchev–Trinajstić information content (AvgIpc) is 1.97. The zero-order valence-corrected chi connectivity index (χ0v) is 8.55. The second-order valence-electron chi connectivity index (χ2n) is 2.90. The highest BCUT2D eigenvalue weighted by Gasteiger charge is 2.05. The molecule has 80 valence electrons. The van der Waals surface area contributed by atoms with E-state index in [1.165, 1.54) is 0 Å². The van der Waals surface area contributed by atoms with E-state index in [9.17, 15) is 8.42 Å². The van der Waals surface area contributed by atoms with Gasteiger partial charge in [0.15, 0.2) is 0 Å². The lowest BCUT2D eigenvalue weighted by molar-refractivity contribution is 0.127. The van der Waals surface area contributed by atoms with Crippen molar-refractivity contribution in [3.63, 3.8) is 0 Å². The summed E-state index contributed by atoms with van der Waals surface area (Å²) in [6, 6.07) is 0. The SMILES string of the molecule is CCC[C@@H](O)NCCCS(=O)(=O)O. The molecule has 0 aromatic rings. The van der Waals surface area contributed by atoms with Crippen molar-refractivity contribution in [2.24, 2.45) is 0 Å². The van der Waals surface area contributed by atoms with Gasteiger partial charge in [-0.2, -0.15) is 8.42 Å². The van der Waals surface area contributed by atoms with E-state index >= 15 is 0 Å². The number of rotatable bonds is 7. The van der Waals surface area contributed by atoms with Gasteiger partial charge in [0.05, 0.1) is 5.75 Å². The topological polar surface area (TPSA) is 86.6 Å². The maximum atomic E-state index is 10.3. The molecule has 0 aromatic carbocycles. The first-order chi connectivity index (χ1) is 5.95. The van der Waals surface area contributed by atoms with Crippen LogP contribution in [0.4, 0.5) is 0 Å². The first kappa shape index (κ1) is 12.8. The van der Waals surface area contributed by atoms with E-state index < -0.39 is 16.3 Å². The summed E-state index contributed by atoms with van der Waals surface area (Å²) in [6.45, 7) is 2.34. The highest BCUT2D eigenvalue weighted by atomic mass is 32.2. The number of aliphatic hydroxyl groups is 1. The maximum absolute atomic E-state index is 10.3. The normalized spacial score (nSPS) is 14.4. The van der Waals surface area contributed by atoms with Crippen molar-refractivity contribution < 1.29 is 18.1 Å². The molecule has 0 heterocycles. The molecule has 1 atom stereocenters. The van der Waals surface area contributed by atoms with Crippen LogP contribution >= 0.6 is 0 Å². The third kappa shape index (κ3) is 9.75. The fraction of sp³-hybridized carbons (Fsp3) is 1.00. The lowest BCUT2D eigenvalue weighted by atomic mass is 10.3. The lowest BCUT2D eigenvalue weighted by Gasteiger charge is -2.10. The van der Waals surface area contributed by atoms with Gasteiger partial charge in [-0.3, -0.25) is 9.87 Å². The molecular weight excluding hydrogens is 194 g/mol. The summed E-state index contributed by atoms with van der Waals surface area (Å²) in [6.07, 6.45) is 1.24. The molecule has 0 bridgehead atoms. The third-order valence-electron chi connectivity index (χ3n) is 1.52. The largest absolute Gasteiger partial charge is 0.379 e. The van der Waals surface area contributed by atoms with Crippen LogP contribution in [0.1, 0.15) is 26.2 Å². The molecule has 0 rings (SSSR count). The molecule has 5 nitrogen and oxygen atoms in total. The number of nitrogens with one attached hydrogen (secondary N) is 1. The Bertz CT molecular complexity index is 215. The number of aliphatic hydroxyl groups excluding tert-OH is 1. The monoisotopic (exact) mass is 211 g/mol. The molecule has 0 unspecified atom stereocenters. The fourth-order valence-electron chi connectivity index (χ4n) is 0.899. The third-order valence-corrected chi connectivity index (χ3v) is 2.33. The van der Waals surface area contributed by atoms with Crippen molar-refractivity contribution >= 4 is 10.1 Å². The van der Waals surface area contributed by atoms with Crippen LogP contribution in [-0.2, 0) is 10.1 Å². The Kier molecular flexibility index (Phi) is 6.23. The average molecular weight is 211 g/mol. The molecule has 0 aliphatic carbocycles. The quantitative estimate of drug-likeness (QED) is 0.313. The van der Waals surface area contributed by atoms with Gasteiger partial charge in [0.25, 0.3) is 10.1 Å². The minimum atomic E-state index is -3.86. The molecule has 0 amide bonds. The molecule has 0 aliphatic heterocycles. The molecule has 6 heteroatoms. The second kappa shape index (κ2) is 6.31. The van der Waals surface area contributed by atoms with Crippen LogP contribution in [0.2, 0.25) is 0 Å². The van der Waals surface area contributed by atoms with Crippen LogP contribution in [-0.4, -0.2) is 36.6 Å². The Hall–Kier alpha value is -0.170. The zero-order chi connectivity index (χ0) is 10.3. The first-order valence-electron chi connectivity index (χ1n) is 4.32. The minimum absolute atomic E-state index is 0.265. The number of hydrogen-bond donors (Lipinski definition) is 3. The van der Waals surface area contributed by atoms with E-state index in [0.29, 0.717) is 19.4 Å². The first-order valence-corrected chi connectivity index (χ1v) is 5.93. The molecule has 0 spiro atoms. The van der Waals surface area contributed by atoms with Crippen LogP contribution in [0.25, 0.3) is 0 Å². The van der Waals surface area contributed by atoms with E-state index in [1.807, 2.05) is 6.92 Å². The van der Waals surface area contributed by atoms with Gasteiger partial charge >= 0.3 is 0 Å². The summed E-state index contributed by atoms with van der Waals surface area (Å²) in [7, 11) is -3.86. The Morgan fingerprint density at radius 1 is 1.46 bits per heavy atom. The molecule has 3 N–H and O–H groups in total. The van der Waals surface area contributed by atoms with Crippen molar-refractivity contribution in [1.82, 2.24) is 5.32 Å². The smallest absolute Gasteiger partial charge is 0.264 e. The van der Waals surface area contributed by atoms with Gasteiger partial charge in [-0.25, -0.2) is 0 Å². The van der Waals surface area contributed by atoms with Crippen LogP contribution in [0.3, 0.4) is 0 Å². The summed E-state index contributed by atoms with van der Waals surface area (Å²) in [4.78, 5) is 0. The van der Waals surface area contributed by atoms with Gasteiger partial charge in [0.1, 0.15) is 6.23 Å². The summed E-state index contributed by atoms with van der Waals surface area (Å²) in [5, 5.41) is 11.9. The fourth-order valence-corrected chi connectivity index (χ4v) is 1.41.